The zero-order valence-corrected chi connectivity index (χ0v) is 18.3. The van der Waals surface area contributed by atoms with Crippen molar-refractivity contribution in [2.24, 2.45) is 0 Å². The van der Waals surface area contributed by atoms with Gasteiger partial charge in [-0.25, -0.2) is 4.98 Å². The number of hydrogen-bond donors (Lipinski definition) is 1. The van der Waals surface area contributed by atoms with Crippen molar-refractivity contribution in [1.82, 2.24) is 10.3 Å². The average molecular weight is 432 g/mol. The number of amides is 2. The summed E-state index contributed by atoms with van der Waals surface area (Å²) in [5, 5.41) is 5.48. The first kappa shape index (κ1) is 21.0. The Hall–Kier alpha value is -3.25. The van der Waals surface area contributed by atoms with Crippen LogP contribution in [0.2, 0.25) is 0 Å². The lowest BCUT2D eigenvalue weighted by atomic mass is 9.64. The fourth-order valence-electron chi connectivity index (χ4n) is 3.90. The van der Waals surface area contributed by atoms with E-state index in [0.29, 0.717) is 17.4 Å². The predicted octanol–water partition coefficient (Wildman–Crippen LogP) is 5.08. The second-order valence-corrected chi connectivity index (χ2v) is 8.63. The van der Waals surface area contributed by atoms with Crippen molar-refractivity contribution in [1.29, 1.82) is 0 Å². The summed E-state index contributed by atoms with van der Waals surface area (Å²) in [7, 11) is 0. The molecule has 2 aromatic carbocycles. The second kappa shape index (κ2) is 9.27. The number of nitrogens with one attached hydrogen (secondary N) is 1. The van der Waals surface area contributed by atoms with E-state index < -0.39 is 0 Å². The standard InChI is InChI=1S/C25H25N3O2S/c1-19(29)28(22-11-6-3-7-12-22)24-27-21(17-31-24)13-14-23(30)26-18-25(15-8-16-25)20-9-4-2-5-10-20/h2-7,9-14,17H,8,15-16,18H2,1H3,(H,26,30)/b14-13+. The summed E-state index contributed by atoms with van der Waals surface area (Å²) in [6.45, 7) is 2.15. The van der Waals surface area contributed by atoms with Crippen molar-refractivity contribution in [2.75, 3.05) is 11.4 Å². The first-order chi connectivity index (χ1) is 15.1. The zero-order chi connectivity index (χ0) is 21.7. The van der Waals surface area contributed by atoms with Crippen LogP contribution in [-0.2, 0) is 15.0 Å². The van der Waals surface area contributed by atoms with E-state index >= 15 is 0 Å². The van der Waals surface area contributed by atoms with Crippen molar-refractivity contribution < 1.29 is 9.59 Å². The summed E-state index contributed by atoms with van der Waals surface area (Å²) >= 11 is 1.37. The highest BCUT2D eigenvalue weighted by atomic mass is 32.1. The minimum Gasteiger partial charge on any atom is -0.352 e. The number of benzene rings is 2. The maximum atomic E-state index is 12.4. The van der Waals surface area contributed by atoms with E-state index in [1.54, 1.807) is 11.0 Å². The Morgan fingerprint density at radius 1 is 1.10 bits per heavy atom. The quantitative estimate of drug-likeness (QED) is 0.531. The lowest BCUT2D eigenvalue weighted by molar-refractivity contribution is -0.117. The van der Waals surface area contributed by atoms with Crippen molar-refractivity contribution in [3.63, 3.8) is 0 Å². The molecule has 0 spiro atoms. The molecule has 0 atom stereocenters. The van der Waals surface area contributed by atoms with Crippen LogP contribution in [-0.4, -0.2) is 23.3 Å². The molecule has 31 heavy (non-hydrogen) atoms. The molecule has 1 N–H and O–H groups in total. The van der Waals surface area contributed by atoms with Gasteiger partial charge in [0.2, 0.25) is 11.8 Å². The van der Waals surface area contributed by atoms with E-state index in [2.05, 4.69) is 34.6 Å². The smallest absolute Gasteiger partial charge is 0.244 e. The van der Waals surface area contributed by atoms with Gasteiger partial charge in [-0.2, -0.15) is 0 Å². The molecule has 158 valence electrons. The molecule has 0 unspecified atom stereocenters. The molecular weight excluding hydrogens is 406 g/mol. The molecular formula is C25H25N3O2S. The molecule has 1 aromatic heterocycles. The number of nitrogens with zero attached hydrogens (tertiary/aromatic N) is 2. The summed E-state index contributed by atoms with van der Waals surface area (Å²) < 4.78 is 0. The minimum atomic E-state index is -0.136. The van der Waals surface area contributed by atoms with E-state index in [1.165, 1.54) is 36.3 Å². The summed E-state index contributed by atoms with van der Waals surface area (Å²) in [4.78, 5) is 30.7. The van der Waals surface area contributed by atoms with Gasteiger partial charge >= 0.3 is 0 Å². The fourth-order valence-corrected chi connectivity index (χ4v) is 4.75. The molecule has 0 aliphatic heterocycles. The maximum Gasteiger partial charge on any atom is 0.244 e. The number of carbonyl (C=O) groups excluding carboxylic acids is 2. The molecule has 4 rings (SSSR count). The molecule has 1 aliphatic carbocycles. The summed E-state index contributed by atoms with van der Waals surface area (Å²) in [6, 6.07) is 19.8. The van der Waals surface area contributed by atoms with Gasteiger partial charge in [-0.05, 0) is 36.6 Å². The molecule has 5 nitrogen and oxygen atoms in total. The fraction of sp³-hybridized carbons (Fsp3) is 0.240. The number of rotatable bonds is 7. The van der Waals surface area contributed by atoms with Crippen LogP contribution < -0.4 is 10.2 Å². The summed E-state index contributed by atoms with van der Waals surface area (Å²) in [6.07, 6.45) is 6.58. The molecule has 1 fully saturated rings. The summed E-state index contributed by atoms with van der Waals surface area (Å²) in [5.41, 5.74) is 2.76. The van der Waals surface area contributed by atoms with Crippen LogP contribution in [0.1, 0.15) is 37.4 Å². The van der Waals surface area contributed by atoms with Gasteiger partial charge in [0, 0.05) is 30.3 Å². The van der Waals surface area contributed by atoms with E-state index in [-0.39, 0.29) is 17.2 Å². The number of aromatic nitrogens is 1. The Morgan fingerprint density at radius 2 is 1.77 bits per heavy atom. The van der Waals surface area contributed by atoms with Crippen LogP contribution in [0.4, 0.5) is 10.8 Å². The predicted molar refractivity (Wildman–Crippen MR) is 125 cm³/mol. The first-order valence-corrected chi connectivity index (χ1v) is 11.3. The zero-order valence-electron chi connectivity index (χ0n) is 17.5. The SMILES string of the molecule is CC(=O)N(c1ccccc1)c1nc(/C=C/C(=O)NCC2(c3ccccc3)CCC2)cs1. The van der Waals surface area contributed by atoms with E-state index in [0.717, 1.165) is 18.5 Å². The third-order valence-corrected chi connectivity index (χ3v) is 6.58. The molecule has 1 heterocycles. The summed E-state index contributed by atoms with van der Waals surface area (Å²) in [5.74, 6) is -0.247. The van der Waals surface area contributed by atoms with E-state index in [9.17, 15) is 9.59 Å². The second-order valence-electron chi connectivity index (χ2n) is 7.80. The molecule has 3 aromatic rings. The minimum absolute atomic E-state index is 0.0518. The molecule has 2 amide bonds. The average Bonchev–Trinajstić information content (AvgIpc) is 3.21. The van der Waals surface area contributed by atoms with Gasteiger partial charge in [0.05, 0.1) is 11.4 Å². The lowest BCUT2D eigenvalue weighted by Gasteiger charge is -2.42. The van der Waals surface area contributed by atoms with Crippen molar-refractivity contribution in [2.45, 2.75) is 31.6 Å². The number of carbonyl (C=O) groups is 2. The van der Waals surface area contributed by atoms with Crippen molar-refractivity contribution in [3.8, 4) is 0 Å². The Kier molecular flexibility index (Phi) is 6.28. The van der Waals surface area contributed by atoms with E-state index in [1.807, 2.05) is 41.8 Å². The molecule has 1 aliphatic rings. The Morgan fingerprint density at radius 3 is 2.39 bits per heavy atom. The molecule has 0 radical (unpaired) electrons. The van der Waals surface area contributed by atoms with Gasteiger partial charge in [0.25, 0.3) is 0 Å². The molecule has 0 saturated heterocycles. The number of para-hydroxylation sites is 1. The van der Waals surface area contributed by atoms with Gasteiger partial charge < -0.3 is 5.32 Å². The third-order valence-electron chi connectivity index (χ3n) is 5.73. The van der Waals surface area contributed by atoms with Gasteiger partial charge in [-0.1, -0.05) is 55.0 Å². The van der Waals surface area contributed by atoms with Crippen LogP contribution in [0, 0.1) is 0 Å². The monoisotopic (exact) mass is 431 g/mol. The van der Waals surface area contributed by atoms with Crippen molar-refractivity contribution >= 4 is 40.0 Å². The number of anilines is 2. The highest BCUT2D eigenvalue weighted by Gasteiger charge is 2.38. The van der Waals surface area contributed by atoms with Crippen LogP contribution in [0.25, 0.3) is 6.08 Å². The third kappa shape index (κ3) is 4.75. The van der Waals surface area contributed by atoms with Crippen LogP contribution in [0.5, 0.6) is 0 Å². The van der Waals surface area contributed by atoms with Crippen LogP contribution in [0.15, 0.2) is 72.1 Å². The van der Waals surface area contributed by atoms with E-state index in [4.69, 9.17) is 0 Å². The Bertz CT molecular complexity index is 1070. The van der Waals surface area contributed by atoms with Crippen LogP contribution >= 0.6 is 11.3 Å². The van der Waals surface area contributed by atoms with Gasteiger partial charge in [-0.3, -0.25) is 14.5 Å². The lowest BCUT2D eigenvalue weighted by Crippen LogP contribution is -2.45. The largest absolute Gasteiger partial charge is 0.352 e. The Labute approximate surface area is 186 Å². The number of thiazole rings is 1. The normalized spacial score (nSPS) is 14.7. The topological polar surface area (TPSA) is 62.3 Å². The first-order valence-electron chi connectivity index (χ1n) is 10.4. The molecule has 6 heteroatoms. The van der Waals surface area contributed by atoms with Gasteiger partial charge in [-0.15, -0.1) is 11.3 Å². The van der Waals surface area contributed by atoms with Crippen LogP contribution in [0.3, 0.4) is 0 Å². The number of hydrogen-bond acceptors (Lipinski definition) is 4. The van der Waals surface area contributed by atoms with Gasteiger partial charge in [0.1, 0.15) is 0 Å². The van der Waals surface area contributed by atoms with Gasteiger partial charge in [0.15, 0.2) is 5.13 Å². The maximum absolute atomic E-state index is 12.4. The highest BCUT2D eigenvalue weighted by Crippen LogP contribution is 2.43. The Balaban J connectivity index is 1.40. The highest BCUT2D eigenvalue weighted by molar-refractivity contribution is 7.14. The van der Waals surface area contributed by atoms with Crippen molar-refractivity contribution in [3.05, 3.63) is 83.4 Å². The molecule has 1 saturated carbocycles. The molecule has 0 bridgehead atoms.